The van der Waals surface area contributed by atoms with Gasteiger partial charge in [-0.2, -0.15) is 10.9 Å². The van der Waals surface area contributed by atoms with Crippen LogP contribution in [0.1, 0.15) is 16.4 Å². The van der Waals surface area contributed by atoms with Crippen LogP contribution in [0.5, 0.6) is 0 Å². The molecule has 0 aromatic heterocycles. The van der Waals surface area contributed by atoms with Gasteiger partial charge in [0, 0.05) is 0 Å². The van der Waals surface area contributed by atoms with Gasteiger partial charge in [0.25, 0.3) is 10.1 Å². The molecule has 0 saturated carbocycles. The van der Waals surface area contributed by atoms with Gasteiger partial charge in [0.1, 0.15) is 28.3 Å². The molecule has 2 aromatic carbocycles. The normalized spacial score (nSPS) is 11.7. The maximum absolute atomic E-state index is 12.1. The van der Waals surface area contributed by atoms with Crippen molar-refractivity contribution >= 4 is 33.1 Å². The molecule has 5 heteroatoms. The van der Waals surface area contributed by atoms with Crippen LogP contribution in [0.15, 0.2) is 60.7 Å². The maximum atomic E-state index is 12.1. The van der Waals surface area contributed by atoms with Crippen LogP contribution < -0.4 is 0 Å². The highest BCUT2D eigenvalue weighted by Crippen LogP contribution is 2.32. The number of benzene rings is 2. The van der Waals surface area contributed by atoms with E-state index in [1.165, 1.54) is 23.0 Å². The standard InChI is InChI=1S/C13H11IO3S/c14-17-18(15,16)13(11-7-3-1-4-8-11)12-9-5-2-6-10-12/h1-10,13H. The zero-order chi connectivity index (χ0) is 13.0. The molecule has 0 unspecified atom stereocenters. The largest absolute Gasteiger partial charge is 0.287 e. The molecule has 0 atom stereocenters. The predicted molar refractivity (Wildman–Crippen MR) is 78.8 cm³/mol. The average Bonchev–Trinajstić information content (AvgIpc) is 2.41. The number of hydrogen-bond donors (Lipinski definition) is 0. The van der Waals surface area contributed by atoms with Crippen LogP contribution in [-0.2, 0) is 12.6 Å². The van der Waals surface area contributed by atoms with E-state index in [1.807, 2.05) is 36.4 Å². The lowest BCUT2D eigenvalue weighted by molar-refractivity contribution is 0.528. The Morgan fingerprint density at radius 3 is 1.56 bits per heavy atom. The van der Waals surface area contributed by atoms with Crippen molar-refractivity contribution in [2.75, 3.05) is 0 Å². The molecule has 0 bridgehead atoms. The Hall–Kier alpha value is -0.920. The Morgan fingerprint density at radius 2 is 1.22 bits per heavy atom. The van der Waals surface area contributed by atoms with Crippen molar-refractivity contribution in [2.24, 2.45) is 0 Å². The molecule has 0 aliphatic heterocycles. The SMILES string of the molecule is O=S(=O)(OI)C(c1ccccc1)c1ccccc1. The molecule has 2 rings (SSSR count). The van der Waals surface area contributed by atoms with Crippen molar-refractivity contribution in [1.29, 1.82) is 0 Å². The van der Waals surface area contributed by atoms with Gasteiger partial charge in [0.2, 0.25) is 0 Å². The summed E-state index contributed by atoms with van der Waals surface area (Å²) < 4.78 is 28.8. The van der Waals surface area contributed by atoms with E-state index >= 15 is 0 Å². The summed E-state index contributed by atoms with van der Waals surface area (Å²) in [6.07, 6.45) is 0. The van der Waals surface area contributed by atoms with E-state index < -0.39 is 15.4 Å². The average molecular weight is 374 g/mol. The maximum Gasteiger partial charge on any atom is 0.287 e. The first kappa shape index (κ1) is 13.5. The topological polar surface area (TPSA) is 43.4 Å². The number of halogens is 1. The Bertz CT molecular complexity index is 557. The second-order valence-corrected chi connectivity index (χ2v) is 6.42. The molecule has 0 fully saturated rings. The molecule has 0 amide bonds. The Morgan fingerprint density at radius 1 is 0.833 bits per heavy atom. The van der Waals surface area contributed by atoms with Crippen LogP contribution in [0.4, 0.5) is 0 Å². The zero-order valence-electron chi connectivity index (χ0n) is 9.36. The summed E-state index contributed by atoms with van der Waals surface area (Å²) >= 11 is 1.41. The monoisotopic (exact) mass is 374 g/mol. The van der Waals surface area contributed by atoms with Crippen LogP contribution in [-0.4, -0.2) is 8.42 Å². The van der Waals surface area contributed by atoms with Crippen LogP contribution in [0.25, 0.3) is 0 Å². The van der Waals surface area contributed by atoms with E-state index in [4.69, 9.17) is 0 Å². The minimum atomic E-state index is -3.68. The van der Waals surface area contributed by atoms with Crippen molar-refractivity contribution in [3.05, 3.63) is 71.8 Å². The molecule has 0 heterocycles. The molecular weight excluding hydrogens is 363 g/mol. The molecule has 3 nitrogen and oxygen atoms in total. The highest BCUT2D eigenvalue weighted by molar-refractivity contribution is 14.1. The van der Waals surface area contributed by atoms with Crippen LogP contribution in [0.3, 0.4) is 0 Å². The smallest absolute Gasteiger partial charge is 0.198 e. The van der Waals surface area contributed by atoms with Gasteiger partial charge in [-0.15, -0.1) is 0 Å². The first-order chi connectivity index (χ1) is 8.65. The minimum absolute atomic E-state index is 0.695. The van der Waals surface area contributed by atoms with E-state index in [0.717, 1.165) is 0 Å². The predicted octanol–water partition coefficient (Wildman–Crippen LogP) is 3.47. The quantitative estimate of drug-likeness (QED) is 0.770. The van der Waals surface area contributed by atoms with Crippen LogP contribution in [0, 0.1) is 0 Å². The van der Waals surface area contributed by atoms with E-state index in [1.54, 1.807) is 24.3 Å². The van der Waals surface area contributed by atoms with Gasteiger partial charge >= 0.3 is 0 Å². The fourth-order valence-electron chi connectivity index (χ4n) is 1.82. The molecule has 94 valence electrons. The van der Waals surface area contributed by atoms with Crippen LogP contribution >= 0.6 is 23.0 Å². The van der Waals surface area contributed by atoms with Crippen molar-refractivity contribution in [1.82, 2.24) is 0 Å². The third-order valence-electron chi connectivity index (χ3n) is 2.58. The van der Waals surface area contributed by atoms with Gasteiger partial charge < -0.3 is 0 Å². The summed E-state index contributed by atoms with van der Waals surface area (Å²) in [5.74, 6) is 0. The molecule has 0 aliphatic carbocycles. The molecule has 2 aromatic rings. The second kappa shape index (κ2) is 5.81. The number of hydrogen-bond acceptors (Lipinski definition) is 3. The summed E-state index contributed by atoms with van der Waals surface area (Å²) in [7, 11) is -3.68. The van der Waals surface area contributed by atoms with E-state index in [2.05, 4.69) is 2.51 Å². The summed E-state index contributed by atoms with van der Waals surface area (Å²) in [5, 5.41) is -0.795. The second-order valence-electron chi connectivity index (χ2n) is 3.76. The highest BCUT2D eigenvalue weighted by atomic mass is 127. The van der Waals surface area contributed by atoms with E-state index in [-0.39, 0.29) is 0 Å². The molecule has 0 aliphatic rings. The van der Waals surface area contributed by atoms with Crippen molar-refractivity contribution in [3.63, 3.8) is 0 Å². The Balaban J connectivity index is 2.56. The third kappa shape index (κ3) is 2.90. The Kier molecular flexibility index (Phi) is 4.36. The van der Waals surface area contributed by atoms with Gasteiger partial charge in [-0.05, 0) is 11.1 Å². The van der Waals surface area contributed by atoms with Crippen LogP contribution in [0.2, 0.25) is 0 Å². The zero-order valence-corrected chi connectivity index (χ0v) is 12.3. The summed E-state index contributed by atoms with van der Waals surface area (Å²) in [4.78, 5) is 0. The molecule has 18 heavy (non-hydrogen) atoms. The minimum Gasteiger partial charge on any atom is -0.198 e. The summed E-state index contributed by atoms with van der Waals surface area (Å²) in [5.41, 5.74) is 1.39. The van der Waals surface area contributed by atoms with E-state index in [0.29, 0.717) is 11.1 Å². The molecule has 0 spiro atoms. The highest BCUT2D eigenvalue weighted by Gasteiger charge is 2.29. The van der Waals surface area contributed by atoms with Crippen molar-refractivity contribution in [2.45, 2.75) is 5.25 Å². The summed E-state index contributed by atoms with van der Waals surface area (Å²) in [6, 6.07) is 18.1. The first-order valence-corrected chi connectivity index (χ1v) is 7.64. The van der Waals surface area contributed by atoms with Gasteiger partial charge in [0.05, 0.1) is 0 Å². The van der Waals surface area contributed by atoms with Crippen molar-refractivity contribution < 1.29 is 10.9 Å². The molecule has 0 saturated heterocycles. The lowest BCUT2D eigenvalue weighted by Crippen LogP contribution is -2.14. The van der Waals surface area contributed by atoms with Gasteiger partial charge in [-0.25, -0.2) is 0 Å². The van der Waals surface area contributed by atoms with Gasteiger partial charge in [-0.1, -0.05) is 60.7 Å². The number of rotatable bonds is 4. The lowest BCUT2D eigenvalue weighted by atomic mass is 10.0. The fourth-order valence-corrected chi connectivity index (χ4v) is 3.49. The van der Waals surface area contributed by atoms with Gasteiger partial charge in [0.15, 0.2) is 0 Å². The summed E-state index contributed by atoms with van der Waals surface area (Å²) in [6.45, 7) is 0. The van der Waals surface area contributed by atoms with E-state index in [9.17, 15) is 8.42 Å². The third-order valence-corrected chi connectivity index (χ3v) is 5.38. The molecule has 0 N–H and O–H groups in total. The van der Waals surface area contributed by atoms with Crippen molar-refractivity contribution in [3.8, 4) is 0 Å². The Labute approximate surface area is 121 Å². The first-order valence-electron chi connectivity index (χ1n) is 5.29. The van der Waals surface area contributed by atoms with Gasteiger partial charge in [-0.3, -0.25) is 0 Å². The lowest BCUT2D eigenvalue weighted by Gasteiger charge is -2.16. The molecule has 0 radical (unpaired) electrons. The fraction of sp³-hybridized carbons (Fsp3) is 0.0769. The molecular formula is C13H11IO3S.